The molecule has 2 fully saturated rings. The number of nitrogens with one attached hydrogen (secondary N) is 1. The molecule has 3 nitrogen and oxygen atoms in total. The summed E-state index contributed by atoms with van der Waals surface area (Å²) >= 11 is 0. The Kier molecular flexibility index (Phi) is 5.93. The molecule has 0 aliphatic carbocycles. The third-order valence-corrected chi connectivity index (χ3v) is 4.46. The normalized spacial score (nSPS) is 27.3. The number of nitrogens with zero attached hydrogens (tertiary/aromatic N) is 1. The number of hydrogen-bond donors (Lipinski definition) is 1. The van der Waals surface area contributed by atoms with Crippen molar-refractivity contribution in [2.75, 3.05) is 32.8 Å². The second kappa shape index (κ2) is 7.46. The number of unbranched alkanes of at least 4 members (excludes halogenated alkanes) is 2. The van der Waals surface area contributed by atoms with Crippen LogP contribution in [-0.4, -0.2) is 49.8 Å². The van der Waals surface area contributed by atoms with Crippen LogP contribution in [0.5, 0.6) is 0 Å². The van der Waals surface area contributed by atoms with Crippen LogP contribution < -0.4 is 5.32 Å². The monoisotopic (exact) mass is 254 g/mol. The van der Waals surface area contributed by atoms with Gasteiger partial charge in [-0.05, 0) is 25.7 Å². The van der Waals surface area contributed by atoms with Crippen molar-refractivity contribution in [3.63, 3.8) is 0 Å². The minimum absolute atomic E-state index is 0.626. The minimum atomic E-state index is 0.626. The topological polar surface area (TPSA) is 24.5 Å². The molecular formula is C15H30N2O. The molecule has 0 aromatic heterocycles. The van der Waals surface area contributed by atoms with E-state index in [0.29, 0.717) is 6.04 Å². The molecule has 0 saturated carbocycles. The van der Waals surface area contributed by atoms with Crippen LogP contribution in [0.1, 0.15) is 46.0 Å². The van der Waals surface area contributed by atoms with Gasteiger partial charge in [-0.25, -0.2) is 0 Å². The Morgan fingerprint density at radius 3 is 2.83 bits per heavy atom. The lowest BCUT2D eigenvalue weighted by molar-refractivity contribution is 0.0534. The highest BCUT2D eigenvalue weighted by Gasteiger charge is 2.30. The summed E-state index contributed by atoms with van der Waals surface area (Å²) in [6, 6.07) is 1.42. The van der Waals surface area contributed by atoms with Gasteiger partial charge in [0.15, 0.2) is 0 Å². The smallest absolute Gasteiger partial charge is 0.0620 e. The van der Waals surface area contributed by atoms with Crippen molar-refractivity contribution in [1.82, 2.24) is 10.2 Å². The lowest BCUT2D eigenvalue weighted by Crippen LogP contribution is -2.55. The van der Waals surface area contributed by atoms with Crippen molar-refractivity contribution in [2.24, 2.45) is 5.92 Å². The Bertz CT molecular complexity index is 223. The standard InChI is InChI=1S/C15H30N2O/c1-3-4-5-6-13(2)17-10-14(11-17)9-16-15-7-8-18-12-15/h13-16H,3-12H2,1-2H3. The highest BCUT2D eigenvalue weighted by molar-refractivity contribution is 4.86. The number of likely N-dealkylation sites (tertiary alicyclic amines) is 1. The zero-order valence-corrected chi connectivity index (χ0v) is 12.2. The van der Waals surface area contributed by atoms with Crippen LogP contribution in [0.2, 0.25) is 0 Å². The zero-order chi connectivity index (χ0) is 12.8. The Balaban J connectivity index is 1.50. The van der Waals surface area contributed by atoms with Gasteiger partial charge in [0.1, 0.15) is 0 Å². The molecule has 0 spiro atoms. The maximum atomic E-state index is 5.38. The number of hydrogen-bond acceptors (Lipinski definition) is 3. The van der Waals surface area contributed by atoms with E-state index in [1.165, 1.54) is 51.7 Å². The van der Waals surface area contributed by atoms with E-state index in [1.54, 1.807) is 0 Å². The van der Waals surface area contributed by atoms with E-state index in [1.807, 2.05) is 0 Å². The van der Waals surface area contributed by atoms with Gasteiger partial charge in [0, 0.05) is 38.3 Å². The van der Waals surface area contributed by atoms with E-state index in [2.05, 4.69) is 24.1 Å². The fourth-order valence-corrected chi connectivity index (χ4v) is 3.00. The summed E-state index contributed by atoms with van der Waals surface area (Å²) in [6.45, 7) is 10.3. The predicted molar refractivity (Wildman–Crippen MR) is 75.9 cm³/mol. The zero-order valence-electron chi connectivity index (χ0n) is 12.2. The van der Waals surface area contributed by atoms with Crippen molar-refractivity contribution in [1.29, 1.82) is 0 Å². The predicted octanol–water partition coefficient (Wildman–Crippen LogP) is 2.27. The van der Waals surface area contributed by atoms with Crippen molar-refractivity contribution < 1.29 is 4.74 Å². The average molecular weight is 254 g/mol. The Labute approximate surface area is 112 Å². The lowest BCUT2D eigenvalue weighted by atomic mass is 9.95. The molecule has 2 aliphatic rings. The van der Waals surface area contributed by atoms with Crippen molar-refractivity contribution >= 4 is 0 Å². The minimum Gasteiger partial charge on any atom is -0.380 e. The van der Waals surface area contributed by atoms with E-state index in [9.17, 15) is 0 Å². The molecule has 0 radical (unpaired) electrons. The lowest BCUT2D eigenvalue weighted by Gasteiger charge is -2.43. The molecule has 0 aromatic carbocycles. The molecule has 1 N–H and O–H groups in total. The summed E-state index contributed by atoms with van der Waals surface area (Å²) in [6.07, 6.45) is 6.71. The van der Waals surface area contributed by atoms with E-state index in [-0.39, 0.29) is 0 Å². The van der Waals surface area contributed by atoms with Gasteiger partial charge < -0.3 is 10.1 Å². The van der Waals surface area contributed by atoms with Crippen LogP contribution in [0.4, 0.5) is 0 Å². The fraction of sp³-hybridized carbons (Fsp3) is 1.00. The molecule has 2 rings (SSSR count). The second-order valence-electron chi connectivity index (χ2n) is 6.13. The third-order valence-electron chi connectivity index (χ3n) is 4.46. The van der Waals surface area contributed by atoms with Gasteiger partial charge in [0.05, 0.1) is 6.61 Å². The van der Waals surface area contributed by atoms with Gasteiger partial charge in [-0.1, -0.05) is 26.2 Å². The first-order valence-electron chi connectivity index (χ1n) is 7.84. The molecule has 0 aromatic rings. The first kappa shape index (κ1) is 14.3. The average Bonchev–Trinajstić information content (AvgIpc) is 2.80. The number of ether oxygens (including phenoxy) is 1. The summed E-state index contributed by atoms with van der Waals surface area (Å²) in [5.41, 5.74) is 0. The fourth-order valence-electron chi connectivity index (χ4n) is 3.00. The van der Waals surface area contributed by atoms with Gasteiger partial charge in [0.25, 0.3) is 0 Å². The summed E-state index contributed by atoms with van der Waals surface area (Å²) in [4.78, 5) is 2.65. The maximum Gasteiger partial charge on any atom is 0.0620 e. The van der Waals surface area contributed by atoms with E-state index < -0.39 is 0 Å². The first-order valence-corrected chi connectivity index (χ1v) is 7.84. The Hall–Kier alpha value is -0.120. The highest BCUT2D eigenvalue weighted by Crippen LogP contribution is 2.21. The molecule has 0 bridgehead atoms. The Morgan fingerprint density at radius 1 is 1.33 bits per heavy atom. The van der Waals surface area contributed by atoms with Crippen LogP contribution in [-0.2, 0) is 4.74 Å². The van der Waals surface area contributed by atoms with Crippen molar-refractivity contribution in [3.8, 4) is 0 Å². The second-order valence-corrected chi connectivity index (χ2v) is 6.13. The van der Waals surface area contributed by atoms with Gasteiger partial charge in [-0.2, -0.15) is 0 Å². The molecule has 2 aliphatic heterocycles. The molecule has 2 heterocycles. The summed E-state index contributed by atoms with van der Waals surface area (Å²) in [5, 5.41) is 3.64. The van der Waals surface area contributed by atoms with Crippen molar-refractivity contribution in [3.05, 3.63) is 0 Å². The first-order chi connectivity index (χ1) is 8.79. The van der Waals surface area contributed by atoms with Crippen LogP contribution in [0.25, 0.3) is 0 Å². The molecule has 3 heteroatoms. The molecule has 2 atom stereocenters. The van der Waals surface area contributed by atoms with Crippen LogP contribution in [0.3, 0.4) is 0 Å². The molecule has 0 amide bonds. The van der Waals surface area contributed by atoms with Crippen LogP contribution in [0.15, 0.2) is 0 Å². The van der Waals surface area contributed by atoms with E-state index >= 15 is 0 Å². The SMILES string of the molecule is CCCCCC(C)N1CC(CNC2CCOC2)C1. The van der Waals surface area contributed by atoms with E-state index in [0.717, 1.165) is 25.2 Å². The molecule has 2 saturated heterocycles. The third kappa shape index (κ3) is 4.22. The quantitative estimate of drug-likeness (QED) is 0.673. The van der Waals surface area contributed by atoms with Crippen LogP contribution in [0, 0.1) is 5.92 Å². The van der Waals surface area contributed by atoms with E-state index in [4.69, 9.17) is 4.74 Å². The molecular weight excluding hydrogens is 224 g/mol. The van der Waals surface area contributed by atoms with Gasteiger partial charge in [0.2, 0.25) is 0 Å². The maximum absolute atomic E-state index is 5.38. The molecule has 18 heavy (non-hydrogen) atoms. The largest absolute Gasteiger partial charge is 0.380 e. The van der Waals surface area contributed by atoms with Crippen molar-refractivity contribution in [2.45, 2.75) is 58.0 Å². The Morgan fingerprint density at radius 2 is 2.17 bits per heavy atom. The summed E-state index contributed by atoms with van der Waals surface area (Å²) in [7, 11) is 0. The van der Waals surface area contributed by atoms with Gasteiger partial charge >= 0.3 is 0 Å². The highest BCUT2D eigenvalue weighted by atomic mass is 16.5. The molecule has 106 valence electrons. The summed E-state index contributed by atoms with van der Waals surface area (Å²) < 4.78 is 5.38. The van der Waals surface area contributed by atoms with Crippen LogP contribution >= 0.6 is 0 Å². The van der Waals surface area contributed by atoms with Gasteiger partial charge in [-0.3, -0.25) is 4.90 Å². The van der Waals surface area contributed by atoms with Gasteiger partial charge in [-0.15, -0.1) is 0 Å². The number of rotatable bonds is 8. The summed E-state index contributed by atoms with van der Waals surface area (Å²) in [5.74, 6) is 0.874. The molecule has 2 unspecified atom stereocenters.